The van der Waals surface area contributed by atoms with Crippen LogP contribution < -0.4 is 79.1 Å². The van der Waals surface area contributed by atoms with Crippen molar-refractivity contribution >= 4 is 65.1 Å². The monoisotopic (exact) mass is 1560 g/mol. The Kier molecular flexibility index (Phi) is 35.6. The van der Waals surface area contributed by atoms with Crippen molar-refractivity contribution in [1.29, 1.82) is 0 Å². The number of anilines is 3. The zero-order valence-electron chi connectivity index (χ0n) is 57.5. The van der Waals surface area contributed by atoms with Gasteiger partial charge in [-0.25, -0.2) is 19.4 Å². The van der Waals surface area contributed by atoms with Gasteiger partial charge in [0.2, 0.25) is 0 Å². The first-order valence-electron chi connectivity index (χ1n) is 32.7. The molecule has 0 spiro atoms. The van der Waals surface area contributed by atoms with Crippen molar-refractivity contribution in [3.8, 4) is 0 Å². The van der Waals surface area contributed by atoms with Crippen molar-refractivity contribution in [2.75, 3.05) is 56.0 Å². The number of hydrogen-bond donors (Lipinski definition) is 25. The number of carboxylic acid groups (broad SMARTS) is 2. The number of esters is 4. The number of aliphatic imine (C=N–C) groups is 2. The number of carboxylic acids is 2. The minimum absolute atomic E-state index is 0.0572. The van der Waals surface area contributed by atoms with Crippen molar-refractivity contribution < 1.29 is 139 Å². The molecule has 8 heterocycles. The molecule has 0 unspecified atom stereocenters. The number of carbonyl (C=O) groups is 6. The molecule has 3 aromatic rings. The maximum Gasteiger partial charge on any atom is 0.351 e. The number of aliphatic carboxylic acids is 2. The SMILES string of the molecule is C=C1N=C(NO)C=CN1[C@@H]1O[C@H](COC(=O)[C@H](N)CCC(=O)O)[C@@H](O)[C@H]1O.NC(N)=NCCC[C@@H](N)C(=O)OC[C@H]1O[C@@H](n2ccc(NO)nc2=O)[C@H](O)[C@@H]1O.NCCCC[C@@H](N)C(=O)OC[C@H]1O[C@@H](n2ccc(NO)nc2=O)[C@H](O)[C@@H]1O.N[C@H](CC(=O)O)C(=O)OC[C@H]1O[C@@H](n2ccc(NO)nc2=O)[C@H](O)[C@@H]1O. The van der Waals surface area contributed by atoms with E-state index >= 15 is 0 Å². The molecule has 8 rings (SSSR count). The Hall–Kier alpha value is -9.96. The molecule has 5 aliphatic heterocycles. The van der Waals surface area contributed by atoms with Crippen LogP contribution in [0, 0.1) is 0 Å². The molecule has 51 heteroatoms. The lowest BCUT2D eigenvalue weighted by atomic mass is 10.1. The van der Waals surface area contributed by atoms with E-state index < -0.39 is 188 Å². The second kappa shape index (κ2) is 43.3. The number of guanidine groups is 1. The van der Waals surface area contributed by atoms with Crippen LogP contribution in [-0.2, 0) is 66.7 Å². The highest BCUT2D eigenvalue weighted by molar-refractivity contribution is 5.93. The van der Waals surface area contributed by atoms with E-state index in [-0.39, 0.29) is 74.2 Å². The van der Waals surface area contributed by atoms with Crippen molar-refractivity contribution in [3.63, 3.8) is 0 Å². The molecule has 608 valence electrons. The van der Waals surface area contributed by atoms with Gasteiger partial charge in [-0.05, 0) is 62.9 Å². The summed E-state index contributed by atoms with van der Waals surface area (Å²) in [6.45, 7) is 2.87. The van der Waals surface area contributed by atoms with Gasteiger partial charge < -0.3 is 134 Å². The molecule has 0 amide bonds. The molecule has 0 saturated carbocycles. The first kappa shape index (κ1) is 89.7. The lowest BCUT2D eigenvalue weighted by Crippen LogP contribution is -2.42. The van der Waals surface area contributed by atoms with Crippen molar-refractivity contribution in [1.82, 2.24) is 39.0 Å². The highest BCUT2D eigenvalue weighted by atomic mass is 16.6. The zero-order chi connectivity index (χ0) is 81.1. The molecule has 20 atom stereocenters. The third-order valence-electron chi connectivity index (χ3n) is 16.1. The first-order chi connectivity index (χ1) is 51.6. The summed E-state index contributed by atoms with van der Waals surface area (Å²) in [5.41, 5.74) is 42.6. The largest absolute Gasteiger partial charge is 0.481 e. The zero-order valence-corrected chi connectivity index (χ0v) is 57.5. The highest BCUT2D eigenvalue weighted by Gasteiger charge is 2.49. The molecule has 3 aromatic heterocycles. The molecule has 0 aromatic carbocycles. The van der Waals surface area contributed by atoms with Crippen LogP contribution in [-0.4, -0.2) is 296 Å². The van der Waals surface area contributed by atoms with Crippen LogP contribution in [0.4, 0.5) is 17.5 Å². The van der Waals surface area contributed by atoms with Gasteiger partial charge in [0, 0.05) is 37.8 Å². The van der Waals surface area contributed by atoms with Crippen LogP contribution in [0.1, 0.15) is 70.1 Å². The number of aliphatic hydroxyl groups excluding tert-OH is 8. The van der Waals surface area contributed by atoms with Crippen LogP contribution in [0.15, 0.2) is 85.8 Å². The number of rotatable bonds is 32. The number of nitrogens with two attached hydrogens (primary N) is 7. The van der Waals surface area contributed by atoms with Gasteiger partial charge >= 0.3 is 52.9 Å². The maximum atomic E-state index is 12.0. The van der Waals surface area contributed by atoms with Crippen LogP contribution in [0.25, 0.3) is 0 Å². The van der Waals surface area contributed by atoms with Crippen LogP contribution in [0.5, 0.6) is 0 Å². The van der Waals surface area contributed by atoms with Gasteiger partial charge in [-0.2, -0.15) is 15.0 Å². The number of aromatic nitrogens is 6. The fourth-order valence-electron chi connectivity index (χ4n) is 10.2. The smallest absolute Gasteiger partial charge is 0.351 e. The summed E-state index contributed by atoms with van der Waals surface area (Å²) < 4.78 is 44.4. The minimum Gasteiger partial charge on any atom is -0.481 e. The van der Waals surface area contributed by atoms with Gasteiger partial charge in [0.25, 0.3) is 0 Å². The second-order valence-electron chi connectivity index (χ2n) is 24.0. The van der Waals surface area contributed by atoms with Crippen LogP contribution in [0.2, 0.25) is 0 Å². The Morgan fingerprint density at radius 3 is 1.17 bits per heavy atom. The van der Waals surface area contributed by atoms with E-state index in [1.54, 1.807) is 16.4 Å². The number of amidine groups is 1. The first-order valence-corrected chi connectivity index (χ1v) is 32.7. The van der Waals surface area contributed by atoms with E-state index in [0.29, 0.717) is 32.4 Å². The average molecular weight is 1560 g/mol. The second-order valence-corrected chi connectivity index (χ2v) is 24.0. The van der Waals surface area contributed by atoms with Gasteiger partial charge in [-0.1, -0.05) is 13.0 Å². The van der Waals surface area contributed by atoms with Gasteiger partial charge in [0.1, 0.15) is 130 Å². The average Bonchev–Trinajstić information content (AvgIpc) is 1.69. The molecule has 51 nitrogen and oxygen atoms in total. The molecule has 5 aliphatic rings. The van der Waals surface area contributed by atoms with Crippen molar-refractivity contribution in [3.05, 3.63) is 92.9 Å². The molecule has 0 aliphatic carbocycles. The molecular weight excluding hydrogens is 1470 g/mol. The summed E-state index contributed by atoms with van der Waals surface area (Å²) in [7, 11) is 0. The third-order valence-corrected chi connectivity index (χ3v) is 16.1. The Morgan fingerprint density at radius 2 is 0.853 bits per heavy atom. The van der Waals surface area contributed by atoms with E-state index in [9.17, 15) is 84.0 Å². The molecule has 4 fully saturated rings. The molecule has 32 N–H and O–H groups in total. The van der Waals surface area contributed by atoms with Crippen molar-refractivity contribution in [2.24, 2.45) is 50.1 Å². The summed E-state index contributed by atoms with van der Waals surface area (Å²) in [6, 6.07) is -0.492. The lowest BCUT2D eigenvalue weighted by molar-refractivity contribution is -0.154. The number of ether oxygens (including phenoxy) is 8. The van der Waals surface area contributed by atoms with Gasteiger partial charge in [0.15, 0.2) is 54.2 Å². The fraction of sp³-hybridized carbons (Fsp3) is 0.586. The summed E-state index contributed by atoms with van der Waals surface area (Å²) in [5, 5.41) is 133. The number of hydroxylamine groups is 1. The molecule has 0 bridgehead atoms. The molecule has 4 saturated heterocycles. The number of carbonyl (C=O) groups excluding carboxylic acids is 4. The highest BCUT2D eigenvalue weighted by Crippen LogP contribution is 2.33. The number of unbranched alkanes of at least 4 members (excludes halogenated alkanes) is 1. The van der Waals surface area contributed by atoms with Crippen LogP contribution >= 0.6 is 0 Å². The summed E-state index contributed by atoms with van der Waals surface area (Å²) in [6.07, 6.45) is -12.6. The fourth-order valence-corrected chi connectivity index (χ4v) is 10.2. The third kappa shape index (κ3) is 25.8. The lowest BCUT2D eigenvalue weighted by Gasteiger charge is -2.30. The Balaban J connectivity index is 0.000000261. The van der Waals surface area contributed by atoms with E-state index in [0.717, 1.165) is 20.1 Å². The van der Waals surface area contributed by atoms with Gasteiger partial charge in [-0.3, -0.25) is 90.2 Å². The Labute approximate surface area is 613 Å². The van der Waals surface area contributed by atoms with E-state index in [4.69, 9.17) is 109 Å². The Bertz CT molecular complexity index is 3800. The number of nitrogens with zero attached hydrogens (tertiary/aromatic N) is 9. The normalized spacial score (nSPS) is 26.4. The van der Waals surface area contributed by atoms with E-state index in [2.05, 4.69) is 31.5 Å². The number of nitrogens with one attached hydrogen (secondary N) is 4. The van der Waals surface area contributed by atoms with Gasteiger partial charge in [0.05, 0.1) is 6.42 Å². The van der Waals surface area contributed by atoms with E-state index in [1.165, 1.54) is 54.0 Å². The molecule has 0 radical (unpaired) electrons. The standard InChI is InChI=1S/C15H25N7O7.C15H25N5O7.C15H22N4O8.C13H18N4O9/c16-7(2-1-4-19-14(17)18)13(25)28-6-8-10(23)11(24)12(29-8)22-5-3-9(21-27)20-15(22)26;16-5-2-1-3-8(17)14(23)26-7-9-11(21)12(22)13(27-9)20-6-4-10(19-25)18-15(20)24;1-7-17-10(18-25)4-5-19(7)14-13(23)12(22)9(27-14)6-26-15(24)8(16)2-3-11(20)21;14-5(3-8(18)19)12(22)25-4-6-9(20)10(21)11(26-6)17-2-1-7(16-24)15-13(17)23/h3,5,7-8,10-12,23-24,27H,1-2,4,6,16H2,(H4,17,18,19)(H,20,21,26);4,6,8-9,11-13,21-22,25H,1-3,5,7,16-17H2,(H,18,19,24);4-5,8-9,12-14,22-23,25H,1-3,6,16H2,(H,17,18)(H,20,21);1-2,5-6,9-11,20-21,24H,3-4,14H2,(H,18,19)(H,15,16,23)/t7-,8-,10-,11-,12-;8-,9-,11-,12-,13-;8-,9-,12-,13-,14-;5-,6-,9-,10-,11-/m1111/s1. The van der Waals surface area contributed by atoms with Crippen LogP contribution in [0.3, 0.4) is 0 Å². The topological polar surface area (TPSA) is 822 Å². The predicted octanol–water partition coefficient (Wildman–Crippen LogP) is -10.9. The number of hydrogen-bond acceptors (Lipinski definition) is 44. The Morgan fingerprint density at radius 1 is 0.505 bits per heavy atom. The molecular formula is C58H90N20O31. The quantitative estimate of drug-likeness (QED) is 0.00689. The summed E-state index contributed by atoms with van der Waals surface area (Å²) in [5.74, 6) is -5.70. The summed E-state index contributed by atoms with van der Waals surface area (Å²) in [4.78, 5) is 124. The summed E-state index contributed by atoms with van der Waals surface area (Å²) >= 11 is 0. The van der Waals surface area contributed by atoms with Crippen molar-refractivity contribution in [2.45, 2.75) is 174 Å². The molecule has 109 heavy (non-hydrogen) atoms. The maximum absolute atomic E-state index is 12.0. The minimum atomic E-state index is -1.53. The van der Waals surface area contributed by atoms with E-state index in [1.807, 2.05) is 5.48 Å². The number of aliphatic hydroxyl groups is 8. The predicted molar refractivity (Wildman–Crippen MR) is 360 cm³/mol. The van der Waals surface area contributed by atoms with Gasteiger partial charge in [-0.15, -0.1) is 0 Å².